The van der Waals surface area contributed by atoms with Gasteiger partial charge in [0.1, 0.15) is 6.54 Å². The maximum absolute atomic E-state index is 13.4. The third-order valence-corrected chi connectivity index (χ3v) is 6.01. The molecule has 1 atom stereocenters. The molecule has 2 aromatic rings. The van der Waals surface area contributed by atoms with Crippen LogP contribution in [0, 0.1) is 6.92 Å². The zero-order valence-electron chi connectivity index (χ0n) is 19.4. The van der Waals surface area contributed by atoms with Crippen molar-refractivity contribution in [3.05, 3.63) is 57.8 Å². The summed E-state index contributed by atoms with van der Waals surface area (Å²) >= 11 is 1.61. The summed E-state index contributed by atoms with van der Waals surface area (Å²) in [6.45, 7) is 8.35. The Morgan fingerprint density at radius 3 is 2.56 bits per heavy atom. The second-order valence-corrected chi connectivity index (χ2v) is 9.94. The molecule has 0 aliphatic carbocycles. The van der Waals surface area contributed by atoms with E-state index in [1.54, 1.807) is 23.5 Å². The number of aryl methyl sites for hydroxylation is 1. The number of benzene rings is 1. The number of methoxy groups -OCH3 is 1. The van der Waals surface area contributed by atoms with Gasteiger partial charge in [-0.15, -0.1) is 11.3 Å². The van der Waals surface area contributed by atoms with E-state index in [-0.39, 0.29) is 24.5 Å². The van der Waals surface area contributed by atoms with Crippen molar-refractivity contribution >= 4 is 29.0 Å². The number of hydrogen-bond donors (Lipinski definition) is 1. The molecule has 172 valence electrons. The average Bonchev–Trinajstić information content (AvgIpc) is 3.40. The first-order chi connectivity index (χ1) is 15.2. The molecule has 0 bridgehead atoms. The quantitative estimate of drug-likeness (QED) is 0.679. The Balaban J connectivity index is 1.84. The summed E-state index contributed by atoms with van der Waals surface area (Å²) in [5.41, 5.74) is 2.67. The van der Waals surface area contributed by atoms with Gasteiger partial charge in [0, 0.05) is 25.6 Å². The number of hydrazone groups is 1. The predicted molar refractivity (Wildman–Crippen MR) is 128 cm³/mol. The molecule has 3 amide bonds. The van der Waals surface area contributed by atoms with Crippen LogP contribution in [0.4, 0.5) is 4.79 Å². The van der Waals surface area contributed by atoms with Crippen molar-refractivity contribution in [2.24, 2.45) is 5.10 Å². The molecule has 0 saturated carbocycles. The summed E-state index contributed by atoms with van der Waals surface area (Å²) in [6.07, 6.45) is 0.640. The van der Waals surface area contributed by atoms with Gasteiger partial charge in [0.2, 0.25) is 0 Å². The van der Waals surface area contributed by atoms with Crippen LogP contribution in [-0.2, 0) is 9.53 Å². The number of rotatable bonds is 7. The SMILES string of the molecule is COCCN(CC(=O)N1N=C(c2cccs2)C[C@@H]1c1ccc(C)cc1)C(=O)NC(C)(C)C. The summed E-state index contributed by atoms with van der Waals surface area (Å²) in [7, 11) is 1.58. The molecule has 0 saturated heterocycles. The number of thiophene rings is 1. The molecule has 3 rings (SSSR count). The molecule has 1 N–H and O–H groups in total. The maximum Gasteiger partial charge on any atom is 0.318 e. The molecule has 0 fully saturated rings. The minimum atomic E-state index is -0.409. The number of urea groups is 1. The Hall–Kier alpha value is -2.71. The minimum absolute atomic E-state index is 0.0745. The zero-order valence-corrected chi connectivity index (χ0v) is 20.2. The summed E-state index contributed by atoms with van der Waals surface area (Å²) < 4.78 is 5.15. The maximum atomic E-state index is 13.4. The lowest BCUT2D eigenvalue weighted by molar-refractivity contribution is -0.133. The highest BCUT2D eigenvalue weighted by Gasteiger charge is 2.35. The fraction of sp³-hybridized carbons (Fsp3) is 0.458. The first-order valence-corrected chi connectivity index (χ1v) is 11.6. The highest BCUT2D eigenvalue weighted by atomic mass is 32.1. The number of ether oxygens (including phenoxy) is 1. The van der Waals surface area contributed by atoms with E-state index in [2.05, 4.69) is 5.32 Å². The van der Waals surface area contributed by atoms with Gasteiger partial charge >= 0.3 is 6.03 Å². The van der Waals surface area contributed by atoms with Crippen LogP contribution in [0.25, 0.3) is 0 Å². The van der Waals surface area contributed by atoms with Crippen molar-refractivity contribution in [2.45, 2.75) is 45.7 Å². The lowest BCUT2D eigenvalue weighted by Crippen LogP contribution is -2.52. The van der Waals surface area contributed by atoms with Crippen molar-refractivity contribution in [3.63, 3.8) is 0 Å². The van der Waals surface area contributed by atoms with Gasteiger partial charge in [0.25, 0.3) is 5.91 Å². The van der Waals surface area contributed by atoms with Gasteiger partial charge in [0.05, 0.1) is 23.2 Å². The van der Waals surface area contributed by atoms with Crippen LogP contribution in [0.3, 0.4) is 0 Å². The Bertz CT molecular complexity index is 949. The normalized spacial score (nSPS) is 16.1. The van der Waals surface area contributed by atoms with Gasteiger partial charge in [-0.1, -0.05) is 35.9 Å². The van der Waals surface area contributed by atoms with Crippen molar-refractivity contribution in [1.82, 2.24) is 15.2 Å². The summed E-state index contributed by atoms with van der Waals surface area (Å²) in [5, 5.41) is 11.2. The number of amides is 3. The van der Waals surface area contributed by atoms with Gasteiger partial charge in [-0.3, -0.25) is 4.79 Å². The van der Waals surface area contributed by atoms with Gasteiger partial charge < -0.3 is 15.0 Å². The fourth-order valence-corrected chi connectivity index (χ4v) is 4.19. The first-order valence-electron chi connectivity index (χ1n) is 10.7. The van der Waals surface area contributed by atoms with Crippen LogP contribution in [0.5, 0.6) is 0 Å². The smallest absolute Gasteiger partial charge is 0.318 e. The molecule has 0 spiro atoms. The van der Waals surface area contributed by atoms with Crippen LogP contribution >= 0.6 is 11.3 Å². The molecule has 0 radical (unpaired) electrons. The monoisotopic (exact) mass is 456 g/mol. The lowest BCUT2D eigenvalue weighted by atomic mass is 10.00. The molecule has 1 aromatic carbocycles. The van der Waals surface area contributed by atoms with Gasteiger partial charge in [-0.25, -0.2) is 9.80 Å². The number of nitrogens with one attached hydrogen (secondary N) is 1. The molecule has 1 aliphatic heterocycles. The lowest BCUT2D eigenvalue weighted by Gasteiger charge is -2.30. The molecule has 2 heterocycles. The highest BCUT2D eigenvalue weighted by molar-refractivity contribution is 7.12. The van der Waals surface area contributed by atoms with E-state index in [0.29, 0.717) is 19.6 Å². The van der Waals surface area contributed by atoms with Crippen LogP contribution in [-0.4, -0.2) is 59.9 Å². The molecule has 1 aromatic heterocycles. The van der Waals surface area contributed by atoms with Crippen molar-refractivity contribution < 1.29 is 14.3 Å². The third kappa shape index (κ3) is 6.17. The van der Waals surface area contributed by atoms with Crippen molar-refractivity contribution in [1.29, 1.82) is 0 Å². The van der Waals surface area contributed by atoms with Crippen molar-refractivity contribution in [3.8, 4) is 0 Å². The van der Waals surface area contributed by atoms with Gasteiger partial charge in [-0.05, 0) is 44.7 Å². The van der Waals surface area contributed by atoms with E-state index in [1.807, 2.05) is 69.5 Å². The van der Waals surface area contributed by atoms with E-state index in [0.717, 1.165) is 21.7 Å². The standard InChI is InChI=1S/C24H32N4O3S/c1-17-8-10-18(11-9-17)20-15-19(21-7-6-14-32-21)26-28(20)22(29)16-27(12-13-31-5)23(30)25-24(2,3)4/h6-11,14,20H,12-13,15-16H2,1-5H3,(H,25,30)/t20-/m1/s1. The summed E-state index contributed by atoms with van der Waals surface area (Å²) in [4.78, 5) is 28.8. The second kappa shape index (κ2) is 10.3. The molecule has 1 aliphatic rings. The number of nitrogens with zero attached hydrogens (tertiary/aromatic N) is 3. The van der Waals surface area contributed by atoms with Crippen LogP contribution in [0.15, 0.2) is 46.9 Å². The summed E-state index contributed by atoms with van der Waals surface area (Å²) in [6, 6.07) is 11.7. The first kappa shape index (κ1) is 23.9. The fourth-order valence-electron chi connectivity index (χ4n) is 3.47. The zero-order chi connectivity index (χ0) is 23.3. The largest absolute Gasteiger partial charge is 0.383 e. The van der Waals surface area contributed by atoms with Gasteiger partial charge in [-0.2, -0.15) is 5.10 Å². The van der Waals surface area contributed by atoms with Crippen LogP contribution < -0.4 is 5.32 Å². The van der Waals surface area contributed by atoms with E-state index in [4.69, 9.17) is 9.84 Å². The molecule has 7 nitrogen and oxygen atoms in total. The van der Waals surface area contributed by atoms with E-state index < -0.39 is 5.54 Å². The molecule has 8 heteroatoms. The second-order valence-electron chi connectivity index (χ2n) is 8.99. The predicted octanol–water partition coefficient (Wildman–Crippen LogP) is 4.19. The Morgan fingerprint density at radius 2 is 1.97 bits per heavy atom. The van der Waals surface area contributed by atoms with Crippen molar-refractivity contribution in [2.75, 3.05) is 26.8 Å². The highest BCUT2D eigenvalue weighted by Crippen LogP contribution is 2.34. The van der Waals surface area contributed by atoms with Crippen LogP contribution in [0.1, 0.15) is 49.2 Å². The van der Waals surface area contributed by atoms with E-state index >= 15 is 0 Å². The molecule has 0 unspecified atom stereocenters. The van der Waals surface area contributed by atoms with E-state index in [9.17, 15) is 9.59 Å². The Labute approximate surface area is 194 Å². The topological polar surface area (TPSA) is 74.2 Å². The number of carbonyl (C=O) groups excluding carboxylic acids is 2. The molecular weight excluding hydrogens is 424 g/mol. The third-order valence-electron chi connectivity index (χ3n) is 5.09. The van der Waals surface area contributed by atoms with Crippen LogP contribution in [0.2, 0.25) is 0 Å². The Morgan fingerprint density at radius 1 is 1.25 bits per heavy atom. The minimum Gasteiger partial charge on any atom is -0.383 e. The molecule has 32 heavy (non-hydrogen) atoms. The number of carbonyl (C=O) groups is 2. The number of hydrogen-bond acceptors (Lipinski definition) is 5. The van der Waals surface area contributed by atoms with E-state index in [1.165, 1.54) is 4.90 Å². The molecular formula is C24H32N4O3S. The summed E-state index contributed by atoms with van der Waals surface area (Å²) in [5.74, 6) is -0.220. The van der Waals surface area contributed by atoms with Gasteiger partial charge in [0.15, 0.2) is 0 Å². The average molecular weight is 457 g/mol. The Kier molecular flexibility index (Phi) is 7.69.